The molecule has 0 unspecified atom stereocenters. The Labute approximate surface area is 179 Å². The third kappa shape index (κ3) is 4.44. The number of anilines is 3. The predicted molar refractivity (Wildman–Crippen MR) is 116 cm³/mol. The highest BCUT2D eigenvalue weighted by atomic mass is 35.5. The quantitative estimate of drug-likeness (QED) is 0.467. The summed E-state index contributed by atoms with van der Waals surface area (Å²) in [5.41, 5.74) is 1.94. The summed E-state index contributed by atoms with van der Waals surface area (Å²) in [6, 6.07) is 14.9. The van der Waals surface area contributed by atoms with Crippen molar-refractivity contribution in [3.63, 3.8) is 0 Å². The standard InChI is InChI=1S/C19H18N6O3S.ClH/c1-13-11-18(25-19(22-13)20-12-21-25)23-14-5-9-17(10-6-14)29(26,27)24-15-3-7-16(28-2)8-4-15;/h3-12,23-24H,1-2H3;1H. The third-order valence-corrected chi connectivity index (χ3v) is 5.56. The Morgan fingerprint density at radius 2 is 1.67 bits per heavy atom. The molecule has 0 spiro atoms. The number of ether oxygens (including phenoxy) is 1. The predicted octanol–water partition coefficient (Wildman–Crippen LogP) is 3.41. The highest BCUT2D eigenvalue weighted by molar-refractivity contribution is 7.92. The van der Waals surface area contributed by atoms with Crippen molar-refractivity contribution in [1.29, 1.82) is 0 Å². The third-order valence-electron chi connectivity index (χ3n) is 4.16. The van der Waals surface area contributed by atoms with Gasteiger partial charge in [-0.3, -0.25) is 4.72 Å². The molecule has 30 heavy (non-hydrogen) atoms. The molecule has 0 aliphatic rings. The Hall–Kier alpha value is -3.37. The molecular weight excluding hydrogens is 428 g/mol. The van der Waals surface area contributed by atoms with Crippen LogP contribution in [0.15, 0.2) is 65.8 Å². The molecule has 2 heterocycles. The normalized spacial score (nSPS) is 11.0. The van der Waals surface area contributed by atoms with Gasteiger partial charge >= 0.3 is 0 Å². The summed E-state index contributed by atoms with van der Waals surface area (Å²) in [5.74, 6) is 1.81. The maximum Gasteiger partial charge on any atom is 0.261 e. The van der Waals surface area contributed by atoms with Crippen molar-refractivity contribution >= 4 is 45.4 Å². The lowest BCUT2D eigenvalue weighted by molar-refractivity contribution is 0.415. The summed E-state index contributed by atoms with van der Waals surface area (Å²) in [6.07, 6.45) is 1.42. The van der Waals surface area contributed by atoms with Crippen LogP contribution in [0.4, 0.5) is 17.2 Å². The second-order valence-electron chi connectivity index (χ2n) is 6.24. The van der Waals surface area contributed by atoms with Crippen molar-refractivity contribution in [1.82, 2.24) is 19.6 Å². The van der Waals surface area contributed by atoms with Gasteiger partial charge in [-0.25, -0.2) is 13.4 Å². The van der Waals surface area contributed by atoms with Crippen molar-refractivity contribution in [3.8, 4) is 5.75 Å². The molecule has 4 rings (SSSR count). The second kappa shape index (κ2) is 8.56. The van der Waals surface area contributed by atoms with E-state index in [1.807, 2.05) is 13.0 Å². The van der Waals surface area contributed by atoms with Crippen LogP contribution in [-0.4, -0.2) is 35.1 Å². The lowest BCUT2D eigenvalue weighted by atomic mass is 10.3. The first-order valence-corrected chi connectivity index (χ1v) is 10.1. The van der Waals surface area contributed by atoms with E-state index in [2.05, 4.69) is 25.1 Å². The van der Waals surface area contributed by atoms with Gasteiger partial charge in [0.15, 0.2) is 0 Å². The Morgan fingerprint density at radius 3 is 2.33 bits per heavy atom. The zero-order chi connectivity index (χ0) is 20.4. The van der Waals surface area contributed by atoms with Gasteiger partial charge in [0.25, 0.3) is 15.8 Å². The number of sulfonamides is 1. The molecule has 0 aliphatic heterocycles. The van der Waals surface area contributed by atoms with E-state index in [1.165, 1.54) is 18.5 Å². The van der Waals surface area contributed by atoms with Gasteiger partial charge in [-0.1, -0.05) is 0 Å². The van der Waals surface area contributed by atoms with Crippen LogP contribution in [0, 0.1) is 6.92 Å². The van der Waals surface area contributed by atoms with Crippen LogP contribution in [0.3, 0.4) is 0 Å². The number of hydrogen-bond donors (Lipinski definition) is 2. The van der Waals surface area contributed by atoms with Gasteiger partial charge in [-0.05, 0) is 55.5 Å². The summed E-state index contributed by atoms with van der Waals surface area (Å²) >= 11 is 0. The van der Waals surface area contributed by atoms with Crippen LogP contribution in [-0.2, 0) is 10.0 Å². The number of methoxy groups -OCH3 is 1. The zero-order valence-corrected chi connectivity index (χ0v) is 17.7. The van der Waals surface area contributed by atoms with Crippen LogP contribution in [0.2, 0.25) is 0 Å². The summed E-state index contributed by atoms with van der Waals surface area (Å²) in [4.78, 5) is 8.52. The molecule has 0 fully saturated rings. The van der Waals surface area contributed by atoms with E-state index in [0.717, 1.165) is 5.69 Å². The Balaban J connectivity index is 0.00000256. The van der Waals surface area contributed by atoms with Crippen molar-refractivity contribution < 1.29 is 13.2 Å². The van der Waals surface area contributed by atoms with Crippen LogP contribution in [0.5, 0.6) is 5.75 Å². The first kappa shape index (κ1) is 21.3. The van der Waals surface area contributed by atoms with Crippen molar-refractivity contribution in [2.75, 3.05) is 17.1 Å². The van der Waals surface area contributed by atoms with Crippen LogP contribution in [0.25, 0.3) is 5.78 Å². The minimum absolute atomic E-state index is 0. The van der Waals surface area contributed by atoms with Crippen LogP contribution in [0.1, 0.15) is 5.69 Å². The van der Waals surface area contributed by atoms with Gasteiger partial charge in [0.2, 0.25) is 0 Å². The average Bonchev–Trinajstić information content (AvgIpc) is 3.17. The summed E-state index contributed by atoms with van der Waals surface area (Å²) < 4.78 is 34.4. The van der Waals surface area contributed by atoms with Gasteiger partial charge in [0, 0.05) is 23.1 Å². The lowest BCUT2D eigenvalue weighted by Crippen LogP contribution is -2.12. The van der Waals surface area contributed by atoms with Crippen molar-refractivity contribution in [3.05, 3.63) is 66.6 Å². The number of rotatable bonds is 6. The minimum Gasteiger partial charge on any atom is -0.497 e. The number of aromatic nitrogens is 4. The van der Waals surface area contributed by atoms with E-state index in [1.54, 1.807) is 48.0 Å². The van der Waals surface area contributed by atoms with Crippen LogP contribution < -0.4 is 14.8 Å². The highest BCUT2D eigenvalue weighted by Crippen LogP contribution is 2.22. The molecule has 2 N–H and O–H groups in total. The van der Waals surface area contributed by atoms with Gasteiger partial charge in [0.1, 0.15) is 17.9 Å². The molecule has 2 aromatic heterocycles. The van der Waals surface area contributed by atoms with Crippen molar-refractivity contribution in [2.24, 2.45) is 0 Å². The molecule has 11 heteroatoms. The summed E-state index contributed by atoms with van der Waals surface area (Å²) in [5, 5.41) is 7.34. The van der Waals surface area contributed by atoms with E-state index in [9.17, 15) is 8.42 Å². The van der Waals surface area contributed by atoms with E-state index in [0.29, 0.717) is 28.7 Å². The smallest absolute Gasteiger partial charge is 0.261 e. The molecule has 0 aliphatic carbocycles. The van der Waals surface area contributed by atoms with Gasteiger partial charge in [-0.15, -0.1) is 12.4 Å². The Bertz CT molecular complexity index is 1260. The van der Waals surface area contributed by atoms with Gasteiger partial charge < -0.3 is 10.1 Å². The molecule has 0 radical (unpaired) electrons. The molecule has 2 aromatic carbocycles. The monoisotopic (exact) mass is 446 g/mol. The number of hydrogen-bond acceptors (Lipinski definition) is 7. The van der Waals surface area contributed by atoms with Gasteiger partial charge in [-0.2, -0.15) is 14.6 Å². The number of benzene rings is 2. The fraction of sp³-hybridized carbons (Fsp3) is 0.105. The molecular formula is C19H19ClN6O3S. The fourth-order valence-electron chi connectivity index (χ4n) is 2.76. The number of fused-ring (bicyclic) bond motifs is 1. The largest absolute Gasteiger partial charge is 0.497 e. The minimum atomic E-state index is -3.71. The molecule has 9 nitrogen and oxygen atoms in total. The first-order valence-electron chi connectivity index (χ1n) is 8.66. The maximum atomic E-state index is 12.6. The molecule has 0 bridgehead atoms. The van der Waals surface area contributed by atoms with E-state index in [4.69, 9.17) is 4.74 Å². The summed E-state index contributed by atoms with van der Waals surface area (Å²) in [6.45, 7) is 1.86. The molecule has 0 saturated heterocycles. The lowest BCUT2D eigenvalue weighted by Gasteiger charge is -2.11. The Morgan fingerprint density at radius 1 is 1.00 bits per heavy atom. The molecule has 0 saturated carbocycles. The Kier molecular flexibility index (Phi) is 6.09. The maximum absolute atomic E-state index is 12.6. The fourth-order valence-corrected chi connectivity index (χ4v) is 3.82. The van der Waals surface area contributed by atoms with E-state index >= 15 is 0 Å². The molecule has 4 aromatic rings. The molecule has 156 valence electrons. The molecule has 0 atom stereocenters. The topological polar surface area (TPSA) is 111 Å². The number of nitrogens with one attached hydrogen (secondary N) is 2. The van der Waals surface area contributed by atoms with Crippen molar-refractivity contribution in [2.45, 2.75) is 11.8 Å². The SMILES string of the molecule is COc1ccc(NS(=O)(=O)c2ccc(Nc3cc(C)nc4ncnn34)cc2)cc1.Cl. The average molecular weight is 447 g/mol. The van der Waals surface area contributed by atoms with Gasteiger partial charge in [0.05, 0.1) is 12.0 Å². The van der Waals surface area contributed by atoms with Crippen LogP contribution >= 0.6 is 12.4 Å². The second-order valence-corrected chi connectivity index (χ2v) is 7.92. The summed E-state index contributed by atoms with van der Waals surface area (Å²) in [7, 11) is -2.16. The first-order chi connectivity index (χ1) is 13.9. The highest BCUT2D eigenvalue weighted by Gasteiger charge is 2.14. The van der Waals surface area contributed by atoms with E-state index in [-0.39, 0.29) is 17.3 Å². The number of aryl methyl sites for hydroxylation is 1. The number of nitrogens with zero attached hydrogens (tertiary/aromatic N) is 4. The number of halogens is 1. The zero-order valence-electron chi connectivity index (χ0n) is 16.1. The molecule has 0 amide bonds. The van der Waals surface area contributed by atoms with E-state index < -0.39 is 10.0 Å².